The Morgan fingerprint density at radius 1 is 1.33 bits per heavy atom. The molecule has 0 saturated heterocycles. The highest BCUT2D eigenvalue weighted by atomic mass is 16.7. The molecular weight excluding hydrogens is 274 g/mol. The average molecular weight is 291 g/mol. The highest BCUT2D eigenvalue weighted by Crippen LogP contribution is 2.38. The van der Waals surface area contributed by atoms with Crippen molar-refractivity contribution in [3.63, 3.8) is 0 Å². The van der Waals surface area contributed by atoms with Crippen LogP contribution in [0.1, 0.15) is 19.8 Å². The lowest BCUT2D eigenvalue weighted by molar-refractivity contribution is -0.140. The number of hydrogen-bond acceptors (Lipinski definition) is 4. The molecule has 1 amide bonds. The van der Waals surface area contributed by atoms with Gasteiger partial charge < -0.3 is 19.5 Å². The van der Waals surface area contributed by atoms with Crippen molar-refractivity contribution in [2.75, 3.05) is 18.2 Å². The molecule has 1 unspecified atom stereocenters. The number of fused-ring (bicyclic) bond motifs is 1. The van der Waals surface area contributed by atoms with E-state index in [-0.39, 0.29) is 25.2 Å². The van der Waals surface area contributed by atoms with Gasteiger partial charge in [-0.1, -0.05) is 6.92 Å². The number of amides is 1. The molecule has 0 bridgehead atoms. The minimum absolute atomic E-state index is 0.0121. The van der Waals surface area contributed by atoms with Crippen LogP contribution in [-0.4, -0.2) is 30.3 Å². The van der Waals surface area contributed by atoms with Crippen LogP contribution in [-0.2, 0) is 9.59 Å². The molecule has 6 nitrogen and oxygen atoms in total. The van der Waals surface area contributed by atoms with Crippen LogP contribution in [0.2, 0.25) is 0 Å². The van der Waals surface area contributed by atoms with Crippen molar-refractivity contribution in [2.45, 2.75) is 19.8 Å². The van der Waals surface area contributed by atoms with Gasteiger partial charge in [-0.3, -0.25) is 9.59 Å². The number of rotatable bonds is 5. The monoisotopic (exact) mass is 291 g/mol. The molecule has 1 aliphatic heterocycles. The van der Waals surface area contributed by atoms with E-state index in [9.17, 15) is 9.59 Å². The van der Waals surface area contributed by atoms with Crippen LogP contribution in [0.3, 0.4) is 0 Å². The highest BCUT2D eigenvalue weighted by molar-refractivity contribution is 5.97. The fourth-order valence-corrected chi connectivity index (χ4v) is 2.28. The van der Waals surface area contributed by atoms with Gasteiger partial charge in [0.1, 0.15) is 0 Å². The van der Waals surface area contributed by atoms with Crippen LogP contribution in [0.5, 0.6) is 11.5 Å². The third kappa shape index (κ3) is 2.79. The SMILES string of the molecule is CC(CN(C(=O)C1CC1)c1ccc2c(c1)OCO2)C(=O)O. The highest BCUT2D eigenvalue weighted by Gasteiger charge is 2.35. The van der Waals surface area contributed by atoms with Crippen molar-refractivity contribution in [3.8, 4) is 11.5 Å². The van der Waals surface area contributed by atoms with Gasteiger partial charge in [-0.05, 0) is 25.0 Å². The number of nitrogens with zero attached hydrogens (tertiary/aromatic N) is 1. The molecule has 1 fully saturated rings. The van der Waals surface area contributed by atoms with Crippen molar-refractivity contribution in [3.05, 3.63) is 18.2 Å². The predicted octanol–water partition coefficient (Wildman–Crippen LogP) is 1.88. The number of carbonyl (C=O) groups is 2. The Labute approximate surface area is 122 Å². The van der Waals surface area contributed by atoms with E-state index >= 15 is 0 Å². The summed E-state index contributed by atoms with van der Waals surface area (Å²) in [6.45, 7) is 1.92. The molecule has 21 heavy (non-hydrogen) atoms. The molecule has 1 heterocycles. The number of benzene rings is 1. The molecule has 0 spiro atoms. The molecule has 1 aromatic carbocycles. The van der Waals surface area contributed by atoms with Gasteiger partial charge in [-0.2, -0.15) is 0 Å². The molecule has 0 radical (unpaired) electrons. The second kappa shape index (κ2) is 5.27. The first-order valence-corrected chi connectivity index (χ1v) is 7.00. The van der Waals surface area contributed by atoms with Crippen LogP contribution in [0.25, 0.3) is 0 Å². The summed E-state index contributed by atoms with van der Waals surface area (Å²) in [5.74, 6) is -0.297. The number of carbonyl (C=O) groups excluding carboxylic acids is 1. The molecular formula is C15H17NO5. The van der Waals surface area contributed by atoms with Gasteiger partial charge in [0.2, 0.25) is 12.7 Å². The second-order valence-electron chi connectivity index (χ2n) is 5.50. The maximum atomic E-state index is 12.4. The largest absolute Gasteiger partial charge is 0.481 e. The van der Waals surface area contributed by atoms with E-state index in [1.54, 1.807) is 30.0 Å². The summed E-state index contributed by atoms with van der Waals surface area (Å²) in [6.07, 6.45) is 1.75. The van der Waals surface area contributed by atoms with Crippen LogP contribution in [0, 0.1) is 11.8 Å². The summed E-state index contributed by atoms with van der Waals surface area (Å²) in [5, 5.41) is 9.09. The summed E-state index contributed by atoms with van der Waals surface area (Å²) in [5.41, 5.74) is 0.657. The number of carboxylic acids is 1. The van der Waals surface area contributed by atoms with Crippen LogP contribution in [0.4, 0.5) is 5.69 Å². The van der Waals surface area contributed by atoms with E-state index in [4.69, 9.17) is 14.6 Å². The first-order chi connectivity index (χ1) is 10.1. The third-order valence-corrected chi connectivity index (χ3v) is 3.74. The van der Waals surface area contributed by atoms with Crippen LogP contribution < -0.4 is 14.4 Å². The molecule has 3 rings (SSSR count). The first kappa shape index (κ1) is 13.7. The Morgan fingerprint density at radius 3 is 2.71 bits per heavy atom. The zero-order valence-electron chi connectivity index (χ0n) is 11.7. The number of aliphatic carboxylic acids is 1. The van der Waals surface area contributed by atoms with Gasteiger partial charge >= 0.3 is 5.97 Å². The van der Waals surface area contributed by atoms with Gasteiger partial charge in [0, 0.05) is 24.2 Å². The molecule has 1 N–H and O–H groups in total. The van der Waals surface area contributed by atoms with Crippen LogP contribution in [0.15, 0.2) is 18.2 Å². The quantitative estimate of drug-likeness (QED) is 0.896. The smallest absolute Gasteiger partial charge is 0.308 e. The number of carboxylic acid groups (broad SMARTS) is 1. The molecule has 1 aromatic rings. The van der Waals surface area contributed by atoms with Crippen molar-refractivity contribution >= 4 is 17.6 Å². The van der Waals surface area contributed by atoms with E-state index in [0.717, 1.165) is 12.8 Å². The van der Waals surface area contributed by atoms with Gasteiger partial charge in [-0.25, -0.2) is 0 Å². The lowest BCUT2D eigenvalue weighted by Crippen LogP contribution is -2.38. The normalized spacial score (nSPS) is 17.4. The maximum absolute atomic E-state index is 12.4. The van der Waals surface area contributed by atoms with Gasteiger partial charge in [0.15, 0.2) is 11.5 Å². The summed E-state index contributed by atoms with van der Waals surface area (Å²) >= 11 is 0. The Hall–Kier alpha value is -2.24. The number of hydrogen-bond donors (Lipinski definition) is 1. The van der Waals surface area contributed by atoms with E-state index < -0.39 is 11.9 Å². The maximum Gasteiger partial charge on any atom is 0.308 e. The van der Waals surface area contributed by atoms with E-state index in [1.807, 2.05) is 0 Å². The Bertz CT molecular complexity index is 581. The van der Waals surface area contributed by atoms with E-state index in [2.05, 4.69) is 0 Å². The van der Waals surface area contributed by atoms with E-state index in [1.165, 1.54) is 0 Å². The van der Waals surface area contributed by atoms with Crippen molar-refractivity contribution in [1.82, 2.24) is 0 Å². The first-order valence-electron chi connectivity index (χ1n) is 7.00. The van der Waals surface area contributed by atoms with Crippen molar-refractivity contribution in [2.24, 2.45) is 11.8 Å². The van der Waals surface area contributed by atoms with Gasteiger partial charge in [-0.15, -0.1) is 0 Å². The number of ether oxygens (including phenoxy) is 2. The van der Waals surface area contributed by atoms with Gasteiger partial charge in [0.25, 0.3) is 0 Å². The zero-order valence-corrected chi connectivity index (χ0v) is 11.7. The van der Waals surface area contributed by atoms with Crippen molar-refractivity contribution < 1.29 is 24.2 Å². The third-order valence-electron chi connectivity index (χ3n) is 3.74. The summed E-state index contributed by atoms with van der Waals surface area (Å²) < 4.78 is 10.6. The minimum Gasteiger partial charge on any atom is -0.481 e. The lowest BCUT2D eigenvalue weighted by Gasteiger charge is -2.25. The minimum atomic E-state index is -0.913. The van der Waals surface area contributed by atoms with Crippen molar-refractivity contribution in [1.29, 1.82) is 0 Å². The zero-order chi connectivity index (χ0) is 15.0. The molecule has 112 valence electrons. The Balaban J connectivity index is 1.86. The fourth-order valence-electron chi connectivity index (χ4n) is 2.28. The lowest BCUT2D eigenvalue weighted by atomic mass is 10.1. The Kier molecular flexibility index (Phi) is 3.45. The molecule has 1 saturated carbocycles. The topological polar surface area (TPSA) is 76.1 Å². The summed E-state index contributed by atoms with van der Waals surface area (Å²) in [4.78, 5) is 25.1. The predicted molar refractivity (Wildman–Crippen MR) is 74.4 cm³/mol. The molecule has 0 aromatic heterocycles. The summed E-state index contributed by atoms with van der Waals surface area (Å²) in [7, 11) is 0. The molecule has 1 atom stereocenters. The van der Waals surface area contributed by atoms with Crippen LogP contribution >= 0.6 is 0 Å². The van der Waals surface area contributed by atoms with Gasteiger partial charge in [0.05, 0.1) is 5.92 Å². The number of anilines is 1. The standard InChI is InChI=1S/C15H17NO5/c1-9(15(18)19)7-16(14(17)10-2-3-10)11-4-5-12-13(6-11)21-8-20-12/h4-6,9-10H,2-3,7-8H2,1H3,(H,18,19). The molecule has 6 heteroatoms. The summed E-state index contributed by atoms with van der Waals surface area (Å²) in [6, 6.07) is 5.25. The Morgan fingerprint density at radius 2 is 2.05 bits per heavy atom. The molecule has 1 aliphatic carbocycles. The fraction of sp³-hybridized carbons (Fsp3) is 0.467. The molecule has 2 aliphatic rings. The second-order valence-corrected chi connectivity index (χ2v) is 5.50. The van der Waals surface area contributed by atoms with E-state index in [0.29, 0.717) is 17.2 Å². The average Bonchev–Trinajstić information content (AvgIpc) is 3.21.